The number of allylic oxidation sites excluding steroid dienone is 6. The summed E-state index contributed by atoms with van der Waals surface area (Å²) >= 11 is 6.89. The minimum Gasteiger partial charge on any atom is -0.503 e. The van der Waals surface area contributed by atoms with E-state index in [1.54, 1.807) is 13.0 Å². The van der Waals surface area contributed by atoms with Crippen LogP contribution in [0, 0.1) is 17.8 Å². The number of halogens is 2. The number of amides is 2. The molecule has 1 aromatic carbocycles. The molecule has 11 heteroatoms. The van der Waals surface area contributed by atoms with Gasteiger partial charge in [0.15, 0.2) is 23.1 Å². The number of nitrogens with zero attached hydrogens (tertiary/aromatic N) is 1. The van der Waals surface area contributed by atoms with Gasteiger partial charge in [0.05, 0.1) is 29.8 Å². The zero-order valence-corrected chi connectivity index (χ0v) is 23.6. The number of ketones is 2. The third-order valence-electron chi connectivity index (χ3n) is 7.91. The summed E-state index contributed by atoms with van der Waals surface area (Å²) in [5, 5.41) is 19.6. The quantitative estimate of drug-likeness (QED) is 0.279. The predicted octanol–water partition coefficient (Wildman–Crippen LogP) is 3.83. The van der Waals surface area contributed by atoms with Crippen molar-refractivity contribution in [2.24, 2.45) is 17.8 Å². The number of aliphatic carboxylic acids is 1. The Morgan fingerprint density at radius 1 is 1.13 bits per heavy atom. The van der Waals surface area contributed by atoms with Crippen LogP contribution in [0.25, 0.3) is 0 Å². The maximum Gasteiger partial charge on any atom is 0.305 e. The Hall–Kier alpha value is -3.05. The van der Waals surface area contributed by atoms with E-state index in [2.05, 4.69) is 31.9 Å². The van der Waals surface area contributed by atoms with E-state index < -0.39 is 41.5 Å². The number of aromatic hydroxyl groups is 1. The fraction of sp³-hybridized carbons (Fsp3) is 0.370. The van der Waals surface area contributed by atoms with Crippen molar-refractivity contribution in [1.29, 1.82) is 0 Å². The van der Waals surface area contributed by atoms with Gasteiger partial charge in [-0.25, -0.2) is 0 Å². The van der Waals surface area contributed by atoms with Gasteiger partial charge in [-0.1, -0.05) is 11.6 Å². The molecule has 1 aliphatic heterocycles. The number of rotatable bonds is 5. The Labute approximate surface area is 234 Å². The first kappa shape index (κ1) is 26.6. The standard InChI is InChI=1S/C27H23Br2NO8/c1-10-7-16(31)21-15(24(10)34)8-13-11(19(21)14-9-17(38-2)25(35)23(29)22(14)28)3-4-12-20(13)27(37)30(26(12)36)6-5-18(32)33/h3,7,9,12-13,19-20,35H,4-6,8H2,1-2H3,(H,32,33)/t12-,13+,19+,20-/m0/s1. The Morgan fingerprint density at radius 3 is 2.50 bits per heavy atom. The molecule has 0 saturated carbocycles. The Balaban J connectivity index is 1.69. The van der Waals surface area contributed by atoms with Crippen LogP contribution in [-0.2, 0) is 24.0 Å². The van der Waals surface area contributed by atoms with E-state index in [0.29, 0.717) is 31.2 Å². The van der Waals surface area contributed by atoms with Gasteiger partial charge in [0, 0.05) is 33.7 Å². The lowest BCUT2D eigenvalue weighted by atomic mass is 9.59. The van der Waals surface area contributed by atoms with Gasteiger partial charge in [-0.05, 0) is 75.2 Å². The summed E-state index contributed by atoms with van der Waals surface area (Å²) in [6.45, 7) is 1.36. The van der Waals surface area contributed by atoms with Crippen molar-refractivity contribution < 1.29 is 38.9 Å². The molecule has 3 aliphatic carbocycles. The molecule has 4 atom stereocenters. The van der Waals surface area contributed by atoms with Gasteiger partial charge < -0.3 is 14.9 Å². The largest absolute Gasteiger partial charge is 0.503 e. The topological polar surface area (TPSA) is 138 Å². The maximum absolute atomic E-state index is 13.5. The number of benzene rings is 1. The molecule has 0 unspecified atom stereocenters. The predicted molar refractivity (Wildman–Crippen MR) is 140 cm³/mol. The van der Waals surface area contributed by atoms with Crippen molar-refractivity contribution in [2.75, 3.05) is 13.7 Å². The molecular weight excluding hydrogens is 626 g/mol. The molecular formula is C27H23Br2NO8. The first-order valence-electron chi connectivity index (χ1n) is 12.0. The van der Waals surface area contributed by atoms with Gasteiger partial charge >= 0.3 is 5.97 Å². The van der Waals surface area contributed by atoms with Crippen LogP contribution in [0.2, 0.25) is 0 Å². The minimum absolute atomic E-state index is 0.119. The van der Waals surface area contributed by atoms with Crippen LogP contribution in [0.5, 0.6) is 11.5 Å². The van der Waals surface area contributed by atoms with E-state index in [9.17, 15) is 29.1 Å². The molecule has 1 heterocycles. The van der Waals surface area contributed by atoms with Crippen LogP contribution >= 0.6 is 31.9 Å². The third kappa shape index (κ3) is 3.89. The number of likely N-dealkylation sites (tertiary alicyclic amines) is 1. The molecule has 1 aromatic rings. The van der Waals surface area contributed by atoms with Gasteiger partial charge in [0.2, 0.25) is 11.8 Å². The molecule has 1 fully saturated rings. The highest BCUT2D eigenvalue weighted by Crippen LogP contribution is 2.57. The lowest BCUT2D eigenvalue weighted by Crippen LogP contribution is -2.40. The number of Topliss-reactive ketones (excluding diaryl/α,β-unsaturated/α-hetero) is 1. The van der Waals surface area contributed by atoms with Crippen LogP contribution in [0.3, 0.4) is 0 Å². The number of methoxy groups -OCH3 is 1. The summed E-state index contributed by atoms with van der Waals surface area (Å²) < 4.78 is 6.12. The summed E-state index contributed by atoms with van der Waals surface area (Å²) in [6, 6.07) is 1.60. The van der Waals surface area contributed by atoms with Crippen molar-refractivity contribution in [1.82, 2.24) is 4.90 Å². The summed E-state index contributed by atoms with van der Waals surface area (Å²) in [6.07, 6.45) is 3.20. The third-order valence-corrected chi connectivity index (χ3v) is 10.1. The second kappa shape index (κ2) is 9.60. The van der Waals surface area contributed by atoms with Crippen molar-refractivity contribution >= 4 is 61.2 Å². The first-order chi connectivity index (χ1) is 18.0. The van der Waals surface area contributed by atoms with Crippen LogP contribution in [0.4, 0.5) is 0 Å². The number of hydrogen-bond donors (Lipinski definition) is 2. The zero-order valence-electron chi connectivity index (χ0n) is 20.4. The summed E-state index contributed by atoms with van der Waals surface area (Å²) in [7, 11) is 1.40. The van der Waals surface area contributed by atoms with Crippen LogP contribution in [0.15, 0.2) is 49.5 Å². The number of phenolic OH excluding ortho intramolecular Hbond substituents is 1. The van der Waals surface area contributed by atoms with E-state index in [4.69, 9.17) is 9.84 Å². The molecule has 1 saturated heterocycles. The fourth-order valence-electron chi connectivity index (χ4n) is 6.21. The van der Waals surface area contributed by atoms with Gasteiger partial charge in [0.1, 0.15) is 0 Å². The molecule has 0 bridgehead atoms. The van der Waals surface area contributed by atoms with Crippen molar-refractivity contribution in [3.8, 4) is 11.5 Å². The number of ether oxygens (including phenoxy) is 1. The second-order valence-corrected chi connectivity index (χ2v) is 11.4. The number of carboxylic acid groups (broad SMARTS) is 1. The molecule has 2 N–H and O–H groups in total. The Morgan fingerprint density at radius 2 is 1.84 bits per heavy atom. The molecule has 2 amide bonds. The molecule has 0 aromatic heterocycles. The van der Waals surface area contributed by atoms with E-state index in [1.807, 2.05) is 6.08 Å². The number of carboxylic acids is 1. The average molecular weight is 649 g/mol. The van der Waals surface area contributed by atoms with Gasteiger partial charge in [-0.2, -0.15) is 0 Å². The number of carbonyl (C=O) groups is 5. The number of carbonyl (C=O) groups excluding carboxylic acids is 4. The van der Waals surface area contributed by atoms with Gasteiger partial charge in [-0.15, -0.1) is 0 Å². The molecule has 0 radical (unpaired) electrons. The highest BCUT2D eigenvalue weighted by atomic mass is 79.9. The van der Waals surface area contributed by atoms with E-state index >= 15 is 0 Å². The second-order valence-electron chi connectivity index (χ2n) is 9.85. The van der Waals surface area contributed by atoms with Crippen molar-refractivity contribution in [3.63, 3.8) is 0 Å². The zero-order chi connectivity index (χ0) is 27.6. The molecule has 0 spiro atoms. The van der Waals surface area contributed by atoms with Crippen LogP contribution in [-0.4, -0.2) is 58.1 Å². The highest BCUT2D eigenvalue weighted by molar-refractivity contribution is 9.13. The lowest BCUT2D eigenvalue weighted by Gasteiger charge is -2.42. The molecule has 198 valence electrons. The van der Waals surface area contributed by atoms with Crippen LogP contribution in [0.1, 0.15) is 37.7 Å². The number of phenols is 1. The highest BCUT2D eigenvalue weighted by Gasteiger charge is 2.56. The van der Waals surface area contributed by atoms with E-state index in [1.165, 1.54) is 13.2 Å². The SMILES string of the molecule is COc1cc([C@H]2C3=CC[C@@H]4C(=O)N(CCC(=O)O)C(=O)[C@@H]4[C@@H]3CC3=C2C(=O)C=C(C)C3=O)c(Br)c(Br)c1O. The number of fused-ring (bicyclic) bond motifs is 3. The van der Waals surface area contributed by atoms with Gasteiger partial charge in [0.25, 0.3) is 0 Å². The molecule has 4 aliphatic rings. The fourth-order valence-corrected chi connectivity index (χ4v) is 7.16. The van der Waals surface area contributed by atoms with E-state index in [0.717, 1.165) is 10.5 Å². The van der Waals surface area contributed by atoms with E-state index in [-0.39, 0.29) is 48.9 Å². The smallest absolute Gasteiger partial charge is 0.305 e. The maximum atomic E-state index is 13.5. The lowest BCUT2D eigenvalue weighted by molar-refractivity contribution is -0.142. The monoisotopic (exact) mass is 647 g/mol. The molecule has 38 heavy (non-hydrogen) atoms. The van der Waals surface area contributed by atoms with Crippen LogP contribution < -0.4 is 4.74 Å². The Kier molecular flexibility index (Phi) is 6.71. The Bertz CT molecular complexity index is 1440. The summed E-state index contributed by atoms with van der Waals surface area (Å²) in [4.78, 5) is 65.6. The summed E-state index contributed by atoms with van der Waals surface area (Å²) in [5.74, 6) is -5.28. The molecule has 5 rings (SSSR count). The summed E-state index contributed by atoms with van der Waals surface area (Å²) in [5.41, 5.74) is 2.21. The average Bonchev–Trinajstić information content (AvgIpc) is 3.13. The van der Waals surface area contributed by atoms with Gasteiger partial charge in [-0.3, -0.25) is 28.9 Å². The first-order valence-corrected chi connectivity index (χ1v) is 13.6. The van der Waals surface area contributed by atoms with Crippen molar-refractivity contribution in [2.45, 2.75) is 32.1 Å². The normalized spacial score (nSPS) is 26.6. The number of hydrogen-bond acceptors (Lipinski definition) is 7. The van der Waals surface area contributed by atoms with Crippen molar-refractivity contribution in [3.05, 3.63) is 55.0 Å². The molecule has 9 nitrogen and oxygen atoms in total. The number of imide groups is 1. The minimum atomic E-state index is -1.11.